The molecule has 0 saturated carbocycles. The van der Waals surface area contributed by atoms with Crippen molar-refractivity contribution in [3.63, 3.8) is 0 Å². The first-order chi connectivity index (χ1) is 14.1. The van der Waals surface area contributed by atoms with E-state index in [1.54, 1.807) is 36.4 Å². The summed E-state index contributed by atoms with van der Waals surface area (Å²) in [5, 5.41) is 5.04. The van der Waals surface area contributed by atoms with Crippen molar-refractivity contribution >= 4 is 34.1 Å². The SMILES string of the molecule is Cc1cccc2c(=O)c(-c3ccc4c(c3)OCO4)c(NC(=O)c3cccs3)oc12. The van der Waals surface area contributed by atoms with E-state index in [2.05, 4.69) is 5.32 Å². The van der Waals surface area contributed by atoms with E-state index in [1.807, 2.05) is 24.4 Å². The molecule has 5 rings (SSSR count). The van der Waals surface area contributed by atoms with Gasteiger partial charge in [0.05, 0.1) is 15.8 Å². The fourth-order valence-corrected chi connectivity index (χ4v) is 3.95. The van der Waals surface area contributed by atoms with Crippen LogP contribution in [0.3, 0.4) is 0 Å². The molecule has 0 radical (unpaired) electrons. The first-order valence-electron chi connectivity index (χ1n) is 8.93. The van der Waals surface area contributed by atoms with Gasteiger partial charge in [0.1, 0.15) is 5.58 Å². The molecule has 3 heterocycles. The van der Waals surface area contributed by atoms with Gasteiger partial charge in [-0.25, -0.2) is 0 Å². The summed E-state index contributed by atoms with van der Waals surface area (Å²) in [5.41, 5.74) is 1.88. The number of benzene rings is 2. The van der Waals surface area contributed by atoms with Crippen LogP contribution in [-0.4, -0.2) is 12.7 Å². The summed E-state index contributed by atoms with van der Waals surface area (Å²) < 4.78 is 16.9. The van der Waals surface area contributed by atoms with E-state index >= 15 is 0 Å². The Morgan fingerprint density at radius 2 is 1.93 bits per heavy atom. The van der Waals surface area contributed by atoms with Crippen molar-refractivity contribution in [2.75, 3.05) is 12.1 Å². The predicted molar refractivity (Wildman–Crippen MR) is 111 cm³/mol. The minimum absolute atomic E-state index is 0.106. The highest BCUT2D eigenvalue weighted by Gasteiger charge is 2.22. The molecule has 2 aromatic carbocycles. The van der Waals surface area contributed by atoms with Crippen LogP contribution in [0, 0.1) is 6.92 Å². The number of aryl methyl sites for hydroxylation is 1. The largest absolute Gasteiger partial charge is 0.454 e. The molecule has 6 nitrogen and oxygen atoms in total. The predicted octanol–water partition coefficient (Wildman–Crippen LogP) is 4.81. The highest BCUT2D eigenvalue weighted by molar-refractivity contribution is 7.12. The summed E-state index contributed by atoms with van der Waals surface area (Å²) in [6, 6.07) is 14.1. The average Bonchev–Trinajstić information content (AvgIpc) is 3.40. The summed E-state index contributed by atoms with van der Waals surface area (Å²) in [4.78, 5) is 26.6. The molecular formula is C22H15NO5S. The normalized spacial score (nSPS) is 12.3. The van der Waals surface area contributed by atoms with Crippen LogP contribution in [0.5, 0.6) is 11.5 Å². The lowest BCUT2D eigenvalue weighted by Gasteiger charge is -2.12. The van der Waals surface area contributed by atoms with Crippen molar-refractivity contribution in [1.29, 1.82) is 0 Å². The standard InChI is InChI=1S/C22H15NO5S/c1-12-4-2-5-14-19(24)18(13-7-8-15-16(10-13)27-11-26-15)22(28-20(12)14)23-21(25)17-6-3-9-29-17/h2-10H,11H2,1H3,(H,23,25). The molecule has 0 aliphatic carbocycles. The van der Waals surface area contributed by atoms with Gasteiger partial charge in [-0.1, -0.05) is 24.3 Å². The Kier molecular flexibility index (Phi) is 4.10. The van der Waals surface area contributed by atoms with Gasteiger partial charge in [0.15, 0.2) is 11.5 Å². The van der Waals surface area contributed by atoms with Gasteiger partial charge in [-0.05, 0) is 47.7 Å². The third kappa shape index (κ3) is 2.96. The van der Waals surface area contributed by atoms with E-state index < -0.39 is 0 Å². The third-order valence-electron chi connectivity index (χ3n) is 4.75. The lowest BCUT2D eigenvalue weighted by Crippen LogP contribution is -2.16. The van der Waals surface area contributed by atoms with Gasteiger partial charge in [-0.15, -0.1) is 11.3 Å². The highest BCUT2D eigenvalue weighted by Crippen LogP contribution is 2.38. The fraction of sp³-hybridized carbons (Fsp3) is 0.0909. The van der Waals surface area contributed by atoms with Crippen LogP contribution in [0.4, 0.5) is 5.88 Å². The van der Waals surface area contributed by atoms with Crippen molar-refractivity contribution in [3.05, 3.63) is 74.6 Å². The Morgan fingerprint density at radius 1 is 1.07 bits per heavy atom. The number of hydrogen-bond donors (Lipinski definition) is 1. The third-order valence-corrected chi connectivity index (χ3v) is 5.62. The summed E-state index contributed by atoms with van der Waals surface area (Å²) in [6.07, 6.45) is 0. The molecule has 7 heteroatoms. The fourth-order valence-electron chi connectivity index (χ4n) is 3.33. The number of carbonyl (C=O) groups excluding carboxylic acids is 1. The second-order valence-electron chi connectivity index (χ2n) is 6.59. The zero-order chi connectivity index (χ0) is 20.0. The molecule has 0 unspecified atom stereocenters. The smallest absolute Gasteiger partial charge is 0.268 e. The molecule has 4 aromatic rings. The van der Waals surface area contributed by atoms with E-state index in [1.165, 1.54) is 11.3 Å². The molecular weight excluding hydrogens is 390 g/mol. The van der Waals surface area contributed by atoms with Crippen molar-refractivity contribution in [2.24, 2.45) is 0 Å². The van der Waals surface area contributed by atoms with Gasteiger partial charge in [0, 0.05) is 0 Å². The second kappa shape index (κ2) is 6.79. The number of hydrogen-bond acceptors (Lipinski definition) is 6. The van der Waals surface area contributed by atoms with Crippen molar-refractivity contribution in [1.82, 2.24) is 0 Å². The van der Waals surface area contributed by atoms with Crippen LogP contribution in [0.2, 0.25) is 0 Å². The molecule has 1 N–H and O–H groups in total. The Hall–Kier alpha value is -3.58. The van der Waals surface area contributed by atoms with Gasteiger partial charge in [0.25, 0.3) is 5.91 Å². The number of thiophene rings is 1. The van der Waals surface area contributed by atoms with E-state index in [4.69, 9.17) is 13.9 Å². The number of fused-ring (bicyclic) bond motifs is 2. The molecule has 29 heavy (non-hydrogen) atoms. The van der Waals surface area contributed by atoms with Crippen LogP contribution in [0.1, 0.15) is 15.2 Å². The number of amides is 1. The van der Waals surface area contributed by atoms with E-state index in [0.717, 1.165) is 5.56 Å². The van der Waals surface area contributed by atoms with Crippen LogP contribution >= 0.6 is 11.3 Å². The monoisotopic (exact) mass is 405 g/mol. The number of carbonyl (C=O) groups is 1. The molecule has 2 aromatic heterocycles. The van der Waals surface area contributed by atoms with Crippen LogP contribution in [0.15, 0.2) is 63.1 Å². The molecule has 0 fully saturated rings. The topological polar surface area (TPSA) is 77.8 Å². The zero-order valence-electron chi connectivity index (χ0n) is 15.4. The Bertz CT molecular complexity index is 1310. The Morgan fingerprint density at radius 3 is 2.76 bits per heavy atom. The minimum Gasteiger partial charge on any atom is -0.454 e. The number of rotatable bonds is 3. The molecule has 144 valence electrons. The maximum atomic E-state index is 13.4. The molecule has 0 spiro atoms. The van der Waals surface area contributed by atoms with Crippen molar-refractivity contribution < 1.29 is 18.7 Å². The van der Waals surface area contributed by atoms with E-state index in [0.29, 0.717) is 32.9 Å². The van der Waals surface area contributed by atoms with Crippen LogP contribution in [0.25, 0.3) is 22.1 Å². The first kappa shape index (κ1) is 17.5. The molecule has 1 amide bonds. The summed E-state index contributed by atoms with van der Waals surface area (Å²) in [5.74, 6) is 0.924. The average molecular weight is 405 g/mol. The van der Waals surface area contributed by atoms with Gasteiger partial charge in [0.2, 0.25) is 18.1 Å². The van der Waals surface area contributed by atoms with Gasteiger partial charge in [-0.2, -0.15) is 0 Å². The van der Waals surface area contributed by atoms with Crippen molar-refractivity contribution in [2.45, 2.75) is 6.92 Å². The zero-order valence-corrected chi connectivity index (χ0v) is 16.2. The highest BCUT2D eigenvalue weighted by atomic mass is 32.1. The molecule has 0 bridgehead atoms. The Balaban J connectivity index is 1.73. The maximum Gasteiger partial charge on any atom is 0.268 e. The van der Waals surface area contributed by atoms with E-state index in [9.17, 15) is 9.59 Å². The van der Waals surface area contributed by atoms with Crippen molar-refractivity contribution in [3.8, 4) is 22.6 Å². The number of para-hydroxylation sites is 1. The number of anilines is 1. The van der Waals surface area contributed by atoms with Crippen LogP contribution < -0.4 is 20.2 Å². The molecule has 1 aliphatic rings. The lowest BCUT2D eigenvalue weighted by molar-refractivity contribution is 0.102. The van der Waals surface area contributed by atoms with Crippen LogP contribution in [-0.2, 0) is 0 Å². The van der Waals surface area contributed by atoms with Gasteiger partial charge in [-0.3, -0.25) is 14.9 Å². The summed E-state index contributed by atoms with van der Waals surface area (Å²) >= 11 is 1.31. The number of nitrogens with one attached hydrogen (secondary N) is 1. The number of ether oxygens (including phenoxy) is 2. The molecule has 0 atom stereocenters. The Labute approximate surface area is 169 Å². The lowest BCUT2D eigenvalue weighted by atomic mass is 10.0. The van der Waals surface area contributed by atoms with E-state index in [-0.39, 0.29) is 29.6 Å². The summed E-state index contributed by atoms with van der Waals surface area (Å²) in [6.45, 7) is 1.99. The molecule has 1 aliphatic heterocycles. The second-order valence-corrected chi connectivity index (χ2v) is 7.53. The van der Waals surface area contributed by atoms with Gasteiger partial charge >= 0.3 is 0 Å². The molecule has 0 saturated heterocycles. The quantitative estimate of drug-likeness (QED) is 0.529. The van der Waals surface area contributed by atoms with Gasteiger partial charge < -0.3 is 13.9 Å². The minimum atomic E-state index is -0.335. The summed E-state index contributed by atoms with van der Waals surface area (Å²) in [7, 11) is 0. The maximum absolute atomic E-state index is 13.4. The first-order valence-corrected chi connectivity index (χ1v) is 9.81.